The lowest BCUT2D eigenvalue weighted by Crippen LogP contribution is -2.59. The van der Waals surface area contributed by atoms with E-state index < -0.39 is 5.54 Å². The van der Waals surface area contributed by atoms with Crippen molar-refractivity contribution in [3.63, 3.8) is 0 Å². The maximum absolute atomic E-state index is 14.3. The summed E-state index contributed by atoms with van der Waals surface area (Å²) in [5.41, 5.74) is 3.02. The third kappa shape index (κ3) is 9.04. The lowest BCUT2D eigenvalue weighted by molar-refractivity contribution is -0.144. The van der Waals surface area contributed by atoms with Gasteiger partial charge in [0, 0.05) is 75.7 Å². The fourth-order valence-corrected chi connectivity index (χ4v) is 8.77. The maximum atomic E-state index is 14.3. The molecule has 302 valence electrons. The molecule has 3 amide bonds. The summed E-state index contributed by atoms with van der Waals surface area (Å²) in [6, 6.07) is 15.2. The van der Waals surface area contributed by atoms with Crippen LogP contribution < -0.4 is 10.1 Å². The van der Waals surface area contributed by atoms with E-state index in [-0.39, 0.29) is 29.9 Å². The average Bonchev–Trinajstić information content (AvgIpc) is 3.94. The lowest BCUT2D eigenvalue weighted by Gasteiger charge is -2.45. The Morgan fingerprint density at radius 2 is 1.63 bits per heavy atom. The summed E-state index contributed by atoms with van der Waals surface area (Å²) >= 11 is 13.0. The minimum atomic E-state index is -0.559. The molecule has 2 N–H and O–H groups in total. The van der Waals surface area contributed by atoms with Crippen molar-refractivity contribution >= 4 is 41.1 Å². The van der Waals surface area contributed by atoms with Gasteiger partial charge in [0.25, 0.3) is 5.91 Å². The van der Waals surface area contributed by atoms with Crippen molar-refractivity contribution in [2.45, 2.75) is 43.6 Å². The Morgan fingerprint density at radius 3 is 2.32 bits per heavy atom. The molecule has 7 rings (SSSR count). The normalized spacial score (nSPS) is 20.0. The number of piperazine rings is 1. The highest BCUT2D eigenvalue weighted by molar-refractivity contribution is 6.42. The van der Waals surface area contributed by atoms with Crippen molar-refractivity contribution in [1.29, 1.82) is 0 Å². The molecule has 1 unspecified atom stereocenters. The molecule has 4 aromatic rings. The fraction of sp³-hybridized carbons (Fsp3) is 0.463. The minimum Gasteiger partial charge on any atom is -0.496 e. The first-order valence-corrected chi connectivity index (χ1v) is 20.2. The number of carbonyl (C=O) groups excluding carboxylic acids is 3. The van der Waals surface area contributed by atoms with Gasteiger partial charge < -0.3 is 29.5 Å². The van der Waals surface area contributed by atoms with E-state index in [1.807, 2.05) is 57.2 Å². The number of hydrogen-bond donors (Lipinski definition) is 2. The zero-order valence-electron chi connectivity index (χ0n) is 32.4. The molecule has 2 aromatic carbocycles. The number of ether oxygens (including phenoxy) is 2. The topological polar surface area (TPSA) is 149 Å². The van der Waals surface area contributed by atoms with Gasteiger partial charge in [0.1, 0.15) is 11.4 Å². The van der Waals surface area contributed by atoms with Gasteiger partial charge in [-0.2, -0.15) is 15.4 Å². The second-order valence-electron chi connectivity index (χ2n) is 15.1. The summed E-state index contributed by atoms with van der Waals surface area (Å²) in [5, 5.41) is 15.2. The van der Waals surface area contributed by atoms with Crippen LogP contribution in [0.4, 0.5) is 4.79 Å². The van der Waals surface area contributed by atoms with Crippen molar-refractivity contribution in [3.05, 3.63) is 93.9 Å². The van der Waals surface area contributed by atoms with Crippen LogP contribution in [0.2, 0.25) is 10.0 Å². The van der Waals surface area contributed by atoms with Gasteiger partial charge in [0.05, 0.1) is 47.6 Å². The van der Waals surface area contributed by atoms with Gasteiger partial charge in [-0.3, -0.25) is 19.5 Å². The minimum absolute atomic E-state index is 0.103. The number of halogens is 2. The molecular weight excluding hydrogens is 769 g/mol. The number of benzene rings is 2. The van der Waals surface area contributed by atoms with Gasteiger partial charge in [0.2, 0.25) is 0 Å². The number of likely N-dealkylation sites (tertiary alicyclic amines) is 2. The van der Waals surface area contributed by atoms with E-state index in [0.717, 1.165) is 62.0 Å². The van der Waals surface area contributed by atoms with Crippen molar-refractivity contribution in [3.8, 4) is 17.0 Å². The smallest absolute Gasteiger partial charge is 0.320 e. The first-order chi connectivity index (χ1) is 27.6. The van der Waals surface area contributed by atoms with Crippen LogP contribution in [0.15, 0.2) is 67.1 Å². The van der Waals surface area contributed by atoms with E-state index in [0.29, 0.717) is 72.9 Å². The molecule has 0 aliphatic carbocycles. The molecule has 16 heteroatoms. The SMILES string of the molecule is CCOC(=O)CN1CCN(C(=O)NC2(c3ccncc3)CCN(CCC3(c4ccc(Cl)c(Cl)c4)CCN(C(=O)c4cc(-c5cn[nH]n5)ccc4OC)C3)CC2)CC1. The highest BCUT2D eigenvalue weighted by atomic mass is 35.5. The highest BCUT2D eigenvalue weighted by Crippen LogP contribution is 2.42. The van der Waals surface area contributed by atoms with Gasteiger partial charge in [-0.25, -0.2) is 4.79 Å². The number of hydrogen-bond acceptors (Lipinski definition) is 10. The molecular formula is C41H49Cl2N9O5. The summed E-state index contributed by atoms with van der Waals surface area (Å²) in [7, 11) is 1.57. The summed E-state index contributed by atoms with van der Waals surface area (Å²) in [5.74, 6) is 0.135. The molecule has 5 heterocycles. The monoisotopic (exact) mass is 817 g/mol. The number of aromatic amines is 1. The summed E-state index contributed by atoms with van der Waals surface area (Å²) in [6.45, 7) is 8.03. The summed E-state index contributed by atoms with van der Waals surface area (Å²) in [6.07, 6.45) is 8.15. The van der Waals surface area contributed by atoms with Gasteiger partial charge in [-0.1, -0.05) is 29.3 Å². The van der Waals surface area contributed by atoms with E-state index in [4.69, 9.17) is 32.7 Å². The van der Waals surface area contributed by atoms with Crippen LogP contribution in [0.1, 0.15) is 54.1 Å². The predicted octanol–water partition coefficient (Wildman–Crippen LogP) is 5.24. The van der Waals surface area contributed by atoms with Crippen LogP contribution in [-0.2, 0) is 20.5 Å². The molecule has 0 radical (unpaired) electrons. The van der Waals surface area contributed by atoms with Gasteiger partial charge >= 0.3 is 12.0 Å². The Hall–Kier alpha value is -4.76. The maximum Gasteiger partial charge on any atom is 0.320 e. The molecule has 3 fully saturated rings. The third-order valence-electron chi connectivity index (χ3n) is 11.8. The Labute approximate surface area is 342 Å². The van der Waals surface area contributed by atoms with E-state index in [2.05, 4.69) is 30.6 Å². The van der Waals surface area contributed by atoms with Gasteiger partial charge in [-0.15, -0.1) is 0 Å². The molecule has 3 aliphatic rings. The standard InChI is InChI=1S/C41H49Cl2N9O5/c1-3-57-37(53)27-50-20-22-51(23-21-50)39(55)46-41(30-8-14-44-15-9-30)12-17-49(18-13-41)16-10-40(31-5-6-33(42)34(43)25-31)11-19-52(28-40)38(54)32-24-29(4-7-36(32)56-2)35-26-45-48-47-35/h4-9,14-15,24-26H,3,10-13,16-23,27-28H2,1-2H3,(H,46,55)(H,45,47,48). The third-order valence-corrected chi connectivity index (χ3v) is 12.6. The van der Waals surface area contributed by atoms with Crippen LogP contribution in [0, 0.1) is 0 Å². The molecule has 3 aliphatic heterocycles. The van der Waals surface area contributed by atoms with Crippen LogP contribution in [0.3, 0.4) is 0 Å². The van der Waals surface area contributed by atoms with Crippen LogP contribution in [-0.4, -0.2) is 137 Å². The number of urea groups is 1. The molecule has 0 bridgehead atoms. The highest BCUT2D eigenvalue weighted by Gasteiger charge is 2.44. The van der Waals surface area contributed by atoms with Crippen molar-refractivity contribution < 1.29 is 23.9 Å². The Kier molecular flexibility index (Phi) is 12.6. The predicted molar refractivity (Wildman–Crippen MR) is 216 cm³/mol. The van der Waals surface area contributed by atoms with Crippen molar-refractivity contribution in [2.24, 2.45) is 0 Å². The van der Waals surface area contributed by atoms with E-state index >= 15 is 0 Å². The van der Waals surface area contributed by atoms with E-state index in [1.165, 1.54) is 0 Å². The number of nitrogens with zero attached hydrogens (tertiary/aromatic N) is 7. The summed E-state index contributed by atoms with van der Waals surface area (Å²) in [4.78, 5) is 52.6. The van der Waals surface area contributed by atoms with Crippen LogP contribution in [0.25, 0.3) is 11.3 Å². The van der Waals surface area contributed by atoms with Crippen molar-refractivity contribution in [1.82, 2.24) is 45.3 Å². The average molecular weight is 819 g/mol. The van der Waals surface area contributed by atoms with E-state index in [9.17, 15) is 14.4 Å². The molecule has 1 atom stereocenters. The quantitative estimate of drug-likeness (QED) is 0.182. The largest absolute Gasteiger partial charge is 0.496 e. The molecule has 2 aromatic heterocycles. The Morgan fingerprint density at radius 1 is 0.860 bits per heavy atom. The fourth-order valence-electron chi connectivity index (χ4n) is 8.47. The first-order valence-electron chi connectivity index (χ1n) is 19.5. The zero-order valence-corrected chi connectivity index (χ0v) is 33.9. The molecule has 3 saturated heterocycles. The number of H-pyrrole nitrogens is 1. The number of methoxy groups -OCH3 is 1. The molecule has 0 spiro atoms. The van der Waals surface area contributed by atoms with Crippen LogP contribution in [0.5, 0.6) is 5.75 Å². The number of nitrogens with one attached hydrogen (secondary N) is 2. The number of carbonyl (C=O) groups is 3. The van der Waals surface area contributed by atoms with Gasteiger partial charge in [-0.05, 0) is 92.7 Å². The zero-order chi connectivity index (χ0) is 40.0. The molecule has 57 heavy (non-hydrogen) atoms. The second kappa shape index (κ2) is 17.8. The Balaban J connectivity index is 1.04. The summed E-state index contributed by atoms with van der Waals surface area (Å²) < 4.78 is 10.8. The lowest BCUT2D eigenvalue weighted by atomic mass is 9.76. The number of amides is 3. The number of pyridine rings is 1. The number of piperidine rings is 1. The first kappa shape index (κ1) is 40.4. The van der Waals surface area contributed by atoms with Crippen LogP contribution >= 0.6 is 23.2 Å². The second-order valence-corrected chi connectivity index (χ2v) is 15.9. The Bertz CT molecular complexity index is 2020. The number of rotatable bonds is 12. The van der Waals surface area contributed by atoms with Crippen molar-refractivity contribution in [2.75, 3.05) is 79.2 Å². The molecule has 0 saturated carbocycles. The number of esters is 1. The van der Waals surface area contributed by atoms with Gasteiger partial charge in [0.15, 0.2) is 0 Å². The number of aromatic nitrogens is 4. The van der Waals surface area contributed by atoms with E-state index in [1.54, 1.807) is 38.7 Å². The molecule has 14 nitrogen and oxygen atoms in total.